The summed E-state index contributed by atoms with van der Waals surface area (Å²) in [6.45, 7) is 62.0. The molecule has 93 heavy (non-hydrogen) atoms. The summed E-state index contributed by atoms with van der Waals surface area (Å²) < 4.78 is 60.7. The maximum atomic E-state index is 12.3. The van der Waals surface area contributed by atoms with Gasteiger partial charge in [-0.2, -0.15) is 8.78 Å². The van der Waals surface area contributed by atoms with E-state index in [-0.39, 0.29) is 27.6 Å². The number of aryl methyl sites for hydroxylation is 16. The summed E-state index contributed by atoms with van der Waals surface area (Å²) >= 11 is 12.4. The van der Waals surface area contributed by atoms with Gasteiger partial charge in [-0.15, -0.1) is 90.7 Å². The molecule has 0 saturated heterocycles. The highest BCUT2D eigenvalue weighted by Crippen LogP contribution is 2.28. The van der Waals surface area contributed by atoms with E-state index in [1.54, 1.807) is 49.6 Å². The van der Waals surface area contributed by atoms with E-state index in [4.69, 9.17) is 0 Å². The van der Waals surface area contributed by atoms with Crippen LogP contribution in [0.15, 0.2) is 64.7 Å². The fraction of sp³-hybridized carbons (Fsp3) is 0.486. The SMILES string of the molecule is Cc1cc(C(C)C)c(C)s1.Cc1cc(C)c(C)s1.Cc1cc(F)c(C)s1.Cc1cc(F)sc1C.Cc1ccsc1C.Cc1nc(C(C)(C)C)nc(C(C)(C)C)n1.Cc1nc(C(C)C)nc(C(C)C)n1.Cc1sc(F)cc1F.Cc1sccc1C(C)C.Cc1sccc1F. The third kappa shape index (κ3) is 33.7. The molecule has 10 aromatic heterocycles. The normalized spacial score (nSPS) is 10.7. The molecule has 10 aromatic rings. The van der Waals surface area contributed by atoms with Crippen LogP contribution < -0.4 is 0 Å². The fourth-order valence-corrected chi connectivity index (χ4v) is 13.9. The summed E-state index contributed by atoms with van der Waals surface area (Å²) in [4.78, 5) is 39.1. The van der Waals surface area contributed by atoms with Gasteiger partial charge in [-0.25, -0.2) is 43.1 Å². The Balaban J connectivity index is 0.000000522. The van der Waals surface area contributed by atoms with Crippen LogP contribution in [0.3, 0.4) is 0 Å². The summed E-state index contributed by atoms with van der Waals surface area (Å²) in [6.07, 6.45) is 0. The Kier molecular flexibility index (Phi) is 38.4. The number of hydrogen-bond acceptors (Lipinski definition) is 14. The molecule has 0 aromatic carbocycles. The molecule has 0 aliphatic rings. The van der Waals surface area contributed by atoms with Gasteiger partial charge in [0.05, 0.1) is 0 Å². The number of aromatic nitrogens is 6. The van der Waals surface area contributed by atoms with Gasteiger partial charge in [-0.05, 0) is 209 Å². The van der Waals surface area contributed by atoms with Crippen molar-refractivity contribution in [2.45, 2.75) is 242 Å². The monoisotopic (exact) mass is 1430 g/mol. The Morgan fingerprint density at radius 1 is 0.312 bits per heavy atom. The van der Waals surface area contributed by atoms with Crippen molar-refractivity contribution in [1.82, 2.24) is 29.9 Å². The number of nitrogens with zero attached hydrogens (tertiary/aromatic N) is 6. The molecule has 0 bridgehead atoms. The lowest BCUT2D eigenvalue weighted by molar-refractivity contribution is 0.491. The van der Waals surface area contributed by atoms with Crippen molar-refractivity contribution in [1.29, 1.82) is 0 Å². The quantitative estimate of drug-likeness (QED) is 0.163. The van der Waals surface area contributed by atoms with E-state index in [0.29, 0.717) is 28.5 Å². The summed E-state index contributed by atoms with van der Waals surface area (Å²) in [5.41, 5.74) is 6.86. The van der Waals surface area contributed by atoms with Crippen LogP contribution in [-0.2, 0) is 10.8 Å². The molecular weight excluding hydrogens is 1320 g/mol. The number of thiophene rings is 8. The summed E-state index contributed by atoms with van der Waals surface area (Å²) in [5, 5.41) is 5.47. The topological polar surface area (TPSA) is 77.3 Å². The van der Waals surface area contributed by atoms with Gasteiger partial charge in [0, 0.05) is 82.4 Å². The smallest absolute Gasteiger partial charge is 0.179 e. The molecule has 0 unspecified atom stereocenters. The molecule has 514 valence electrons. The maximum absolute atomic E-state index is 12.3. The van der Waals surface area contributed by atoms with Crippen molar-refractivity contribution in [3.05, 3.63) is 209 Å². The standard InChI is InChI=1S/C12H21N3.C10H17N3.C9H14S.C8H12S.C7H10S.2C6H7FS.C6H8S.C5H4F2S.C5H5FS/c1-8-13-9(11(2,3)4)15-10(14-8)12(5,6)7;1-6(2)9-11-8(5)12-10(13-9)7(3)4;1-6(2)9-5-7(3)10-8(9)4;1-6(2)8-4-5-9-7(8)3;1-5-4-6(2)8-7(5)3;1-4-3-6(7)5(2)8-4;1-4-3-6(7)8-5(4)2;1-5-3-4-7-6(5)2;1-3-4(6)2-5(7)8-3;1-4-5(6)2-3-7-4/h1-7H3;6-7H,1-5H3;5-6H,1-4H3;4-6H,1-3H3;4H,1-3H3;2*3H,1-2H3;3-4H,1-2H3;2H,1H3;2-3H,1H3. The Labute approximate surface area is 588 Å². The highest BCUT2D eigenvalue weighted by molar-refractivity contribution is 7.13. The van der Waals surface area contributed by atoms with Crippen LogP contribution in [-0.4, -0.2) is 29.9 Å². The molecule has 0 atom stereocenters. The molecule has 0 saturated carbocycles. The van der Waals surface area contributed by atoms with Crippen molar-refractivity contribution in [2.75, 3.05) is 0 Å². The van der Waals surface area contributed by atoms with Crippen molar-refractivity contribution in [3.8, 4) is 0 Å². The number of halogens is 5. The third-order valence-corrected chi connectivity index (χ3v) is 20.6. The van der Waals surface area contributed by atoms with E-state index in [1.165, 1.54) is 91.6 Å². The first-order valence-corrected chi connectivity index (χ1v) is 37.7. The zero-order valence-corrected chi connectivity index (χ0v) is 67.5. The van der Waals surface area contributed by atoms with Gasteiger partial charge in [0.2, 0.25) is 0 Å². The Bertz CT molecular complexity index is 3350. The molecule has 19 heteroatoms. The minimum absolute atomic E-state index is 0.0201. The molecular formula is C74H105F5N6S8. The van der Waals surface area contributed by atoms with Gasteiger partial charge in [-0.1, -0.05) is 96.9 Å². The van der Waals surface area contributed by atoms with E-state index >= 15 is 0 Å². The van der Waals surface area contributed by atoms with Gasteiger partial charge in [-0.3, -0.25) is 0 Å². The van der Waals surface area contributed by atoms with Crippen molar-refractivity contribution < 1.29 is 22.0 Å². The maximum Gasteiger partial charge on any atom is 0.179 e. The molecule has 0 fully saturated rings. The molecule has 0 amide bonds. The van der Waals surface area contributed by atoms with Gasteiger partial charge >= 0.3 is 0 Å². The molecule has 0 aliphatic carbocycles. The van der Waals surface area contributed by atoms with Crippen LogP contribution in [0.25, 0.3) is 0 Å². The molecule has 0 N–H and O–H groups in total. The van der Waals surface area contributed by atoms with Crippen molar-refractivity contribution in [3.63, 3.8) is 0 Å². The lowest BCUT2D eigenvalue weighted by Crippen LogP contribution is -2.24. The summed E-state index contributed by atoms with van der Waals surface area (Å²) in [7, 11) is 0. The van der Waals surface area contributed by atoms with Crippen molar-refractivity contribution in [2.24, 2.45) is 0 Å². The second-order valence-corrected chi connectivity index (χ2v) is 35.8. The van der Waals surface area contributed by atoms with Gasteiger partial charge in [0.15, 0.2) is 10.3 Å². The molecule has 0 aliphatic heterocycles. The van der Waals surface area contributed by atoms with Crippen LogP contribution in [0.4, 0.5) is 22.0 Å². The predicted molar refractivity (Wildman–Crippen MR) is 404 cm³/mol. The Morgan fingerprint density at radius 3 is 0.892 bits per heavy atom. The first-order chi connectivity index (χ1) is 42.8. The molecule has 0 radical (unpaired) electrons. The van der Waals surface area contributed by atoms with E-state index < -0.39 is 10.9 Å². The lowest BCUT2D eigenvalue weighted by atomic mass is 9.93. The van der Waals surface area contributed by atoms with Gasteiger partial charge in [0.1, 0.15) is 52.4 Å². The fourth-order valence-electron chi connectivity index (χ4n) is 7.54. The van der Waals surface area contributed by atoms with E-state index in [9.17, 15) is 22.0 Å². The first kappa shape index (κ1) is 86.3. The average Bonchev–Trinajstić information content (AvgIpc) is 1.83. The molecule has 10 heterocycles. The minimum atomic E-state index is -0.458. The largest absolute Gasteiger partial charge is 0.218 e. The third-order valence-electron chi connectivity index (χ3n) is 13.3. The summed E-state index contributed by atoms with van der Waals surface area (Å²) in [6, 6.07) is 14.3. The second-order valence-electron chi connectivity index (χ2n) is 25.6. The van der Waals surface area contributed by atoms with Crippen LogP contribution in [0.2, 0.25) is 0 Å². The molecule has 6 nitrogen and oxygen atoms in total. The van der Waals surface area contributed by atoms with Crippen LogP contribution in [0.1, 0.15) is 237 Å². The Morgan fingerprint density at radius 2 is 0.699 bits per heavy atom. The van der Waals surface area contributed by atoms with Crippen LogP contribution >= 0.6 is 90.7 Å². The second kappa shape index (κ2) is 41.4. The molecule has 10 rings (SSSR count). The van der Waals surface area contributed by atoms with Crippen molar-refractivity contribution >= 4 is 90.7 Å². The van der Waals surface area contributed by atoms with Crippen LogP contribution in [0.5, 0.6) is 0 Å². The average molecular weight is 1430 g/mol. The number of rotatable bonds is 4. The first-order valence-electron chi connectivity index (χ1n) is 31.0. The lowest BCUT2D eigenvalue weighted by Gasteiger charge is -2.22. The molecule has 0 spiro atoms. The van der Waals surface area contributed by atoms with Crippen LogP contribution in [0, 0.1) is 138 Å². The van der Waals surface area contributed by atoms with E-state index in [2.05, 4.69) is 217 Å². The summed E-state index contributed by atoms with van der Waals surface area (Å²) in [5.74, 6) is 6.68. The van der Waals surface area contributed by atoms with E-state index in [0.717, 1.165) is 77.4 Å². The highest BCUT2D eigenvalue weighted by Gasteiger charge is 2.24. The van der Waals surface area contributed by atoms with E-state index in [1.807, 2.05) is 68.6 Å². The highest BCUT2D eigenvalue weighted by atomic mass is 32.1. The predicted octanol–water partition coefficient (Wildman–Crippen LogP) is 26.4. The van der Waals surface area contributed by atoms with Gasteiger partial charge in [0.25, 0.3) is 0 Å². The zero-order valence-electron chi connectivity index (χ0n) is 61.0. The van der Waals surface area contributed by atoms with Gasteiger partial charge < -0.3 is 0 Å². The minimum Gasteiger partial charge on any atom is -0.218 e. The number of hydrogen-bond donors (Lipinski definition) is 0. The Hall–Kier alpha value is -4.73. The zero-order chi connectivity index (χ0) is 71.6.